The van der Waals surface area contributed by atoms with Gasteiger partial charge in [0.05, 0.1) is 0 Å². The molecule has 1 aliphatic heterocycles. The summed E-state index contributed by atoms with van der Waals surface area (Å²) >= 11 is 0. The van der Waals surface area contributed by atoms with E-state index in [1.54, 1.807) is 7.05 Å². The maximum absolute atomic E-state index is 11.5. The summed E-state index contributed by atoms with van der Waals surface area (Å²) in [6.45, 7) is 7.96. The van der Waals surface area contributed by atoms with Gasteiger partial charge in [0.15, 0.2) is 6.29 Å². The third-order valence-electron chi connectivity index (χ3n) is 3.32. The van der Waals surface area contributed by atoms with Gasteiger partial charge in [-0.3, -0.25) is 9.69 Å². The van der Waals surface area contributed by atoms with Crippen LogP contribution in [0.25, 0.3) is 0 Å². The molecule has 0 radical (unpaired) electrons. The number of likely N-dealkylation sites (tertiary alicyclic amines) is 1. The van der Waals surface area contributed by atoms with Gasteiger partial charge in [-0.15, -0.1) is 0 Å². The van der Waals surface area contributed by atoms with Gasteiger partial charge in [-0.2, -0.15) is 0 Å². The molecule has 1 rings (SSSR count). The van der Waals surface area contributed by atoms with Crippen LogP contribution < -0.4 is 5.32 Å². The highest BCUT2D eigenvalue weighted by Gasteiger charge is 2.25. The Bertz CT molecular complexity index is 234. The fourth-order valence-electron chi connectivity index (χ4n) is 2.32. The van der Waals surface area contributed by atoms with Crippen molar-refractivity contribution in [2.75, 3.05) is 39.9 Å². The van der Waals surface area contributed by atoms with Gasteiger partial charge >= 0.3 is 0 Å². The Morgan fingerprint density at radius 1 is 1.28 bits per heavy atom. The number of nitrogens with zero attached hydrogens (tertiary/aromatic N) is 1. The summed E-state index contributed by atoms with van der Waals surface area (Å²) in [5.41, 5.74) is 0. The van der Waals surface area contributed by atoms with Crippen LogP contribution >= 0.6 is 0 Å². The number of carbonyl (C=O) groups is 1. The molecule has 0 bridgehead atoms. The molecule has 1 saturated heterocycles. The summed E-state index contributed by atoms with van der Waals surface area (Å²) < 4.78 is 11.1. The molecule has 106 valence electrons. The van der Waals surface area contributed by atoms with E-state index in [9.17, 15) is 4.79 Å². The number of rotatable bonds is 7. The van der Waals surface area contributed by atoms with Crippen molar-refractivity contribution >= 4 is 5.91 Å². The molecule has 0 unspecified atom stereocenters. The molecule has 5 nitrogen and oxygen atoms in total. The zero-order valence-electron chi connectivity index (χ0n) is 11.8. The molecule has 0 aromatic heterocycles. The Morgan fingerprint density at radius 3 is 2.28 bits per heavy atom. The molecule has 0 saturated carbocycles. The monoisotopic (exact) mass is 258 g/mol. The number of ether oxygens (including phenoxy) is 2. The normalized spacial score (nSPS) is 18.2. The van der Waals surface area contributed by atoms with E-state index in [1.165, 1.54) is 0 Å². The van der Waals surface area contributed by atoms with Crippen LogP contribution in [0.2, 0.25) is 0 Å². The predicted molar refractivity (Wildman–Crippen MR) is 70.3 cm³/mol. The highest BCUT2D eigenvalue weighted by atomic mass is 16.7. The molecule has 1 heterocycles. The molecular weight excluding hydrogens is 232 g/mol. The minimum atomic E-state index is -0.142. The van der Waals surface area contributed by atoms with Crippen molar-refractivity contribution in [3.8, 4) is 0 Å². The van der Waals surface area contributed by atoms with E-state index < -0.39 is 0 Å². The highest BCUT2D eigenvalue weighted by Crippen LogP contribution is 2.17. The SMILES string of the molecule is CCOC(CN1CCC(C(=O)NC)CC1)OCC. The number of piperidine rings is 1. The molecule has 0 aliphatic carbocycles. The van der Waals surface area contributed by atoms with Crippen LogP contribution in [0.15, 0.2) is 0 Å². The van der Waals surface area contributed by atoms with Gasteiger partial charge in [0.2, 0.25) is 5.91 Å². The lowest BCUT2D eigenvalue weighted by atomic mass is 9.96. The molecule has 0 aromatic carbocycles. The second-order valence-corrected chi connectivity index (χ2v) is 4.53. The van der Waals surface area contributed by atoms with E-state index in [4.69, 9.17) is 9.47 Å². The number of hydrogen-bond donors (Lipinski definition) is 1. The maximum Gasteiger partial charge on any atom is 0.222 e. The minimum absolute atomic E-state index is 0.142. The smallest absolute Gasteiger partial charge is 0.222 e. The van der Waals surface area contributed by atoms with E-state index in [0.29, 0.717) is 13.2 Å². The van der Waals surface area contributed by atoms with Crippen molar-refractivity contribution in [3.63, 3.8) is 0 Å². The Morgan fingerprint density at radius 2 is 1.83 bits per heavy atom. The van der Waals surface area contributed by atoms with Gasteiger partial charge in [0.1, 0.15) is 0 Å². The molecule has 18 heavy (non-hydrogen) atoms. The van der Waals surface area contributed by atoms with Crippen molar-refractivity contribution in [2.45, 2.75) is 33.0 Å². The number of amides is 1. The van der Waals surface area contributed by atoms with Crippen molar-refractivity contribution in [1.82, 2.24) is 10.2 Å². The molecular formula is C13H26N2O3. The van der Waals surface area contributed by atoms with E-state index >= 15 is 0 Å². The van der Waals surface area contributed by atoms with E-state index in [2.05, 4.69) is 10.2 Å². The lowest BCUT2D eigenvalue weighted by Gasteiger charge is -2.33. The summed E-state index contributed by atoms with van der Waals surface area (Å²) in [7, 11) is 1.70. The van der Waals surface area contributed by atoms with Gasteiger partial charge in [-0.1, -0.05) is 0 Å². The second-order valence-electron chi connectivity index (χ2n) is 4.53. The van der Waals surface area contributed by atoms with Crippen LogP contribution in [-0.2, 0) is 14.3 Å². The molecule has 1 N–H and O–H groups in total. The quantitative estimate of drug-likeness (QED) is 0.688. The standard InChI is InChI=1S/C13H26N2O3/c1-4-17-12(18-5-2)10-15-8-6-11(7-9-15)13(16)14-3/h11-12H,4-10H2,1-3H3,(H,14,16). The van der Waals surface area contributed by atoms with Crippen LogP contribution in [-0.4, -0.2) is 57.0 Å². The Kier molecular flexibility index (Phi) is 7.23. The van der Waals surface area contributed by atoms with E-state index in [0.717, 1.165) is 32.5 Å². The van der Waals surface area contributed by atoms with E-state index in [-0.39, 0.29) is 18.1 Å². The van der Waals surface area contributed by atoms with Crippen LogP contribution in [0.1, 0.15) is 26.7 Å². The molecule has 0 aromatic rings. The third kappa shape index (κ3) is 4.92. The summed E-state index contributed by atoms with van der Waals surface area (Å²) in [6, 6.07) is 0. The Hall–Kier alpha value is -0.650. The molecule has 1 amide bonds. The van der Waals surface area contributed by atoms with Gasteiger partial charge in [-0.05, 0) is 39.8 Å². The first-order valence-corrected chi connectivity index (χ1v) is 6.88. The van der Waals surface area contributed by atoms with Crippen molar-refractivity contribution in [1.29, 1.82) is 0 Å². The molecule has 5 heteroatoms. The van der Waals surface area contributed by atoms with Crippen LogP contribution in [0.5, 0.6) is 0 Å². The van der Waals surface area contributed by atoms with Crippen LogP contribution in [0.3, 0.4) is 0 Å². The van der Waals surface area contributed by atoms with Crippen LogP contribution in [0.4, 0.5) is 0 Å². The van der Waals surface area contributed by atoms with Gasteiger partial charge in [0.25, 0.3) is 0 Å². The first-order chi connectivity index (χ1) is 8.71. The Labute approximate surface area is 110 Å². The highest BCUT2D eigenvalue weighted by molar-refractivity contribution is 5.78. The third-order valence-corrected chi connectivity index (χ3v) is 3.32. The fourth-order valence-corrected chi connectivity index (χ4v) is 2.32. The van der Waals surface area contributed by atoms with Crippen LogP contribution in [0, 0.1) is 5.92 Å². The summed E-state index contributed by atoms with van der Waals surface area (Å²) in [5.74, 6) is 0.338. The summed E-state index contributed by atoms with van der Waals surface area (Å²) in [5, 5.41) is 2.72. The second kappa shape index (κ2) is 8.45. The number of hydrogen-bond acceptors (Lipinski definition) is 4. The Balaban J connectivity index is 2.31. The fraction of sp³-hybridized carbons (Fsp3) is 0.923. The average Bonchev–Trinajstić information content (AvgIpc) is 2.39. The molecule has 1 aliphatic rings. The maximum atomic E-state index is 11.5. The number of nitrogens with one attached hydrogen (secondary N) is 1. The van der Waals surface area contributed by atoms with Crippen molar-refractivity contribution < 1.29 is 14.3 Å². The topological polar surface area (TPSA) is 50.8 Å². The summed E-state index contributed by atoms with van der Waals surface area (Å²) in [4.78, 5) is 13.8. The van der Waals surface area contributed by atoms with Gasteiger partial charge in [0, 0.05) is 32.7 Å². The molecule has 1 fully saturated rings. The summed E-state index contributed by atoms with van der Waals surface area (Å²) in [6.07, 6.45) is 1.70. The number of carbonyl (C=O) groups excluding carboxylic acids is 1. The lowest BCUT2D eigenvalue weighted by molar-refractivity contribution is -0.149. The minimum Gasteiger partial charge on any atom is -0.359 e. The zero-order valence-corrected chi connectivity index (χ0v) is 11.8. The molecule has 0 atom stereocenters. The lowest BCUT2D eigenvalue weighted by Crippen LogP contribution is -2.43. The van der Waals surface area contributed by atoms with Gasteiger partial charge < -0.3 is 14.8 Å². The largest absolute Gasteiger partial charge is 0.359 e. The van der Waals surface area contributed by atoms with Crippen molar-refractivity contribution in [2.24, 2.45) is 5.92 Å². The van der Waals surface area contributed by atoms with Crippen molar-refractivity contribution in [3.05, 3.63) is 0 Å². The van der Waals surface area contributed by atoms with Gasteiger partial charge in [-0.25, -0.2) is 0 Å². The first kappa shape index (κ1) is 15.4. The first-order valence-electron chi connectivity index (χ1n) is 6.88. The van der Waals surface area contributed by atoms with E-state index in [1.807, 2.05) is 13.8 Å². The average molecular weight is 258 g/mol. The predicted octanol–water partition coefficient (Wildman–Crippen LogP) is 0.844. The molecule has 0 spiro atoms. The zero-order chi connectivity index (χ0) is 13.4.